The predicted molar refractivity (Wildman–Crippen MR) is 102 cm³/mol. The van der Waals surface area contributed by atoms with Crippen LogP contribution in [0.15, 0.2) is 30.3 Å². The first kappa shape index (κ1) is 18.3. The molecule has 25 heavy (non-hydrogen) atoms. The first-order chi connectivity index (χ1) is 11.8. The summed E-state index contributed by atoms with van der Waals surface area (Å²) in [7, 11) is 0. The number of nitrogens with zero attached hydrogens (tertiary/aromatic N) is 2. The molecule has 7 heteroatoms. The monoisotopic (exact) mass is 378 g/mol. The highest BCUT2D eigenvalue weighted by molar-refractivity contribution is 7.14. The minimum Gasteiger partial charge on any atom is -0.349 e. The van der Waals surface area contributed by atoms with Gasteiger partial charge in [-0.05, 0) is 25.3 Å². The van der Waals surface area contributed by atoms with Gasteiger partial charge in [0.15, 0.2) is 0 Å². The standard InChI is InChI=1S/C18H22N4OS.ClH/c23-17(18-9-5-4-8-14(18)10-19-12-18)20-11-15-21-22-16(24-15)13-6-2-1-3-7-13;/h1-3,6-7,14,19H,4-5,8-12H2,(H,20,23);1H/t14-,18+;/m0./s1. The molecule has 0 radical (unpaired) electrons. The van der Waals surface area contributed by atoms with Crippen molar-refractivity contribution in [3.63, 3.8) is 0 Å². The third-order valence-corrected chi connectivity index (χ3v) is 6.35. The Kier molecular flexibility index (Phi) is 5.71. The highest BCUT2D eigenvalue weighted by Gasteiger charge is 2.49. The Hall–Kier alpha value is -1.50. The summed E-state index contributed by atoms with van der Waals surface area (Å²) in [4.78, 5) is 12.9. The van der Waals surface area contributed by atoms with Crippen molar-refractivity contribution in [2.24, 2.45) is 11.3 Å². The maximum Gasteiger partial charge on any atom is 0.228 e. The lowest BCUT2D eigenvalue weighted by molar-refractivity contribution is -0.134. The van der Waals surface area contributed by atoms with E-state index in [-0.39, 0.29) is 23.7 Å². The zero-order valence-electron chi connectivity index (χ0n) is 14.0. The largest absolute Gasteiger partial charge is 0.349 e. The number of nitrogens with one attached hydrogen (secondary N) is 2. The number of rotatable bonds is 4. The fourth-order valence-corrected chi connectivity index (χ4v) is 4.83. The molecule has 2 N–H and O–H groups in total. The van der Waals surface area contributed by atoms with Crippen molar-refractivity contribution < 1.29 is 4.79 Å². The van der Waals surface area contributed by atoms with Gasteiger partial charge in [-0.15, -0.1) is 22.6 Å². The predicted octanol–water partition coefficient (Wildman–Crippen LogP) is 3.02. The van der Waals surface area contributed by atoms with Crippen molar-refractivity contribution >= 4 is 29.7 Å². The molecule has 2 atom stereocenters. The van der Waals surface area contributed by atoms with Crippen molar-refractivity contribution in [2.45, 2.75) is 32.2 Å². The van der Waals surface area contributed by atoms with Crippen LogP contribution in [0.5, 0.6) is 0 Å². The van der Waals surface area contributed by atoms with E-state index in [0.29, 0.717) is 12.5 Å². The molecule has 0 bridgehead atoms. The van der Waals surface area contributed by atoms with E-state index in [1.807, 2.05) is 30.3 Å². The number of aromatic nitrogens is 2. The maximum absolute atomic E-state index is 12.9. The molecule has 4 rings (SSSR count). The highest BCUT2D eigenvalue weighted by Crippen LogP contribution is 2.43. The number of benzene rings is 1. The smallest absolute Gasteiger partial charge is 0.228 e. The summed E-state index contributed by atoms with van der Waals surface area (Å²) < 4.78 is 0. The van der Waals surface area contributed by atoms with E-state index >= 15 is 0 Å². The number of amides is 1. The van der Waals surface area contributed by atoms with Gasteiger partial charge in [0.25, 0.3) is 0 Å². The molecular weight excluding hydrogens is 356 g/mol. The SMILES string of the molecule is Cl.O=C(NCc1nnc(-c2ccccc2)s1)[C@@]12CCCC[C@H]1CNC2. The van der Waals surface area contributed by atoms with Crippen molar-refractivity contribution in [2.75, 3.05) is 13.1 Å². The molecule has 1 amide bonds. The summed E-state index contributed by atoms with van der Waals surface area (Å²) >= 11 is 1.54. The van der Waals surface area contributed by atoms with E-state index in [4.69, 9.17) is 0 Å². The first-order valence-electron chi connectivity index (χ1n) is 8.65. The molecule has 0 unspecified atom stereocenters. The zero-order chi connectivity index (χ0) is 16.4. The van der Waals surface area contributed by atoms with Crippen LogP contribution in [0.4, 0.5) is 0 Å². The number of hydrogen-bond donors (Lipinski definition) is 2. The third kappa shape index (κ3) is 3.57. The van der Waals surface area contributed by atoms with Crippen LogP contribution in [0.1, 0.15) is 30.7 Å². The number of carbonyl (C=O) groups excluding carboxylic acids is 1. The molecule has 1 aromatic heterocycles. The summed E-state index contributed by atoms with van der Waals surface area (Å²) in [5, 5.41) is 16.8. The summed E-state index contributed by atoms with van der Waals surface area (Å²) in [6.45, 7) is 2.26. The molecule has 1 aromatic carbocycles. The molecule has 134 valence electrons. The minimum absolute atomic E-state index is 0. The van der Waals surface area contributed by atoms with E-state index in [9.17, 15) is 4.79 Å². The normalized spacial score (nSPS) is 25.0. The molecular formula is C18H23ClN4OS. The van der Waals surface area contributed by atoms with Gasteiger partial charge in [0.2, 0.25) is 5.91 Å². The highest BCUT2D eigenvalue weighted by atomic mass is 35.5. The molecule has 0 spiro atoms. The van der Waals surface area contributed by atoms with Gasteiger partial charge in [-0.1, -0.05) is 54.5 Å². The fourth-order valence-electron chi connectivity index (χ4n) is 4.04. The Balaban J connectivity index is 0.00000182. The first-order valence-corrected chi connectivity index (χ1v) is 9.46. The van der Waals surface area contributed by atoms with E-state index in [2.05, 4.69) is 20.8 Å². The van der Waals surface area contributed by atoms with Crippen molar-refractivity contribution in [3.05, 3.63) is 35.3 Å². The van der Waals surface area contributed by atoms with Crippen LogP contribution in [0.3, 0.4) is 0 Å². The van der Waals surface area contributed by atoms with Gasteiger partial charge in [0.1, 0.15) is 10.0 Å². The second kappa shape index (κ2) is 7.81. The fraction of sp³-hybridized carbons (Fsp3) is 0.500. The van der Waals surface area contributed by atoms with Crippen molar-refractivity contribution in [1.82, 2.24) is 20.8 Å². The second-order valence-electron chi connectivity index (χ2n) is 6.78. The molecule has 1 aliphatic carbocycles. The van der Waals surface area contributed by atoms with Crippen molar-refractivity contribution in [3.8, 4) is 10.6 Å². The topological polar surface area (TPSA) is 66.9 Å². The van der Waals surface area contributed by atoms with Crippen LogP contribution in [0, 0.1) is 11.3 Å². The van der Waals surface area contributed by atoms with Crippen LogP contribution in [0.2, 0.25) is 0 Å². The Labute approximate surface area is 158 Å². The van der Waals surface area contributed by atoms with E-state index in [1.54, 1.807) is 11.3 Å². The molecule has 5 nitrogen and oxygen atoms in total. The van der Waals surface area contributed by atoms with Gasteiger partial charge in [-0.3, -0.25) is 4.79 Å². The third-order valence-electron chi connectivity index (χ3n) is 5.38. The van der Waals surface area contributed by atoms with E-state index in [1.165, 1.54) is 6.42 Å². The number of hydrogen-bond acceptors (Lipinski definition) is 5. The minimum atomic E-state index is -0.203. The van der Waals surface area contributed by atoms with Gasteiger partial charge in [0.05, 0.1) is 12.0 Å². The summed E-state index contributed by atoms with van der Waals surface area (Å²) in [6.07, 6.45) is 4.57. The van der Waals surface area contributed by atoms with Crippen LogP contribution in [-0.2, 0) is 11.3 Å². The summed E-state index contributed by atoms with van der Waals surface area (Å²) in [5.41, 5.74) is 0.865. The lowest BCUT2D eigenvalue weighted by atomic mass is 9.67. The lowest BCUT2D eigenvalue weighted by Crippen LogP contribution is -2.47. The molecule has 1 aliphatic heterocycles. The molecule has 2 aromatic rings. The lowest BCUT2D eigenvalue weighted by Gasteiger charge is -2.37. The van der Waals surface area contributed by atoms with Crippen LogP contribution < -0.4 is 10.6 Å². The van der Waals surface area contributed by atoms with Crippen LogP contribution in [-0.4, -0.2) is 29.2 Å². The Morgan fingerprint density at radius 1 is 1.28 bits per heavy atom. The van der Waals surface area contributed by atoms with Crippen LogP contribution in [0.25, 0.3) is 10.6 Å². The van der Waals surface area contributed by atoms with Gasteiger partial charge in [0, 0.05) is 12.1 Å². The van der Waals surface area contributed by atoms with Crippen LogP contribution >= 0.6 is 23.7 Å². The molecule has 2 heterocycles. The van der Waals surface area contributed by atoms with Gasteiger partial charge < -0.3 is 10.6 Å². The summed E-state index contributed by atoms with van der Waals surface area (Å²) in [5.74, 6) is 0.675. The van der Waals surface area contributed by atoms with E-state index < -0.39 is 0 Å². The summed E-state index contributed by atoms with van der Waals surface area (Å²) in [6, 6.07) is 10.0. The average Bonchev–Trinajstić information content (AvgIpc) is 3.28. The second-order valence-corrected chi connectivity index (χ2v) is 7.84. The maximum atomic E-state index is 12.9. The van der Waals surface area contributed by atoms with Gasteiger partial charge in [-0.2, -0.15) is 0 Å². The Morgan fingerprint density at radius 2 is 2.12 bits per heavy atom. The average molecular weight is 379 g/mol. The molecule has 1 saturated heterocycles. The van der Waals surface area contributed by atoms with Crippen molar-refractivity contribution in [1.29, 1.82) is 0 Å². The number of halogens is 1. The quantitative estimate of drug-likeness (QED) is 0.858. The zero-order valence-corrected chi connectivity index (χ0v) is 15.7. The van der Waals surface area contributed by atoms with Gasteiger partial charge in [-0.25, -0.2) is 0 Å². The molecule has 2 fully saturated rings. The Bertz CT molecular complexity index is 723. The molecule has 2 aliphatic rings. The number of carbonyl (C=O) groups is 1. The molecule has 1 saturated carbocycles. The van der Waals surface area contributed by atoms with E-state index in [0.717, 1.165) is 47.9 Å². The Morgan fingerprint density at radius 3 is 2.96 bits per heavy atom. The van der Waals surface area contributed by atoms with Gasteiger partial charge >= 0.3 is 0 Å². The number of fused-ring (bicyclic) bond motifs is 1.